The molecule has 0 aromatic heterocycles. The van der Waals surface area contributed by atoms with Gasteiger partial charge in [0, 0.05) is 23.3 Å². The van der Waals surface area contributed by atoms with Gasteiger partial charge in [0.1, 0.15) is 0 Å². The Kier molecular flexibility index (Phi) is 3.89. The van der Waals surface area contributed by atoms with Gasteiger partial charge in [-0.1, -0.05) is 30.3 Å². The van der Waals surface area contributed by atoms with E-state index in [2.05, 4.69) is 10.6 Å². The van der Waals surface area contributed by atoms with Crippen molar-refractivity contribution in [1.29, 1.82) is 0 Å². The van der Waals surface area contributed by atoms with Crippen molar-refractivity contribution in [3.8, 4) is 0 Å². The third kappa shape index (κ3) is 3.26. The number of nitrogens with one attached hydrogen (secondary N) is 2. The highest BCUT2D eigenvalue weighted by molar-refractivity contribution is 6.18. The Morgan fingerprint density at radius 1 is 0.783 bits per heavy atom. The van der Waals surface area contributed by atoms with Crippen molar-refractivity contribution in [2.45, 2.75) is 12.8 Å². The lowest BCUT2D eigenvalue weighted by molar-refractivity contribution is -0.125. The summed E-state index contributed by atoms with van der Waals surface area (Å²) in [6.07, 6.45) is 3.23. The van der Waals surface area contributed by atoms with E-state index in [-0.39, 0.29) is 12.3 Å². The molecule has 0 bridgehead atoms. The van der Waals surface area contributed by atoms with Gasteiger partial charge in [-0.05, 0) is 24.3 Å². The Morgan fingerprint density at radius 2 is 1.43 bits per heavy atom. The van der Waals surface area contributed by atoms with Crippen molar-refractivity contribution in [1.82, 2.24) is 10.6 Å². The second kappa shape index (κ2) is 6.00. The second-order valence-electron chi connectivity index (χ2n) is 5.50. The standard InChI is InChI=1S/C17H14N2O4/c20-14-8-12(16(22)18-14)7-11(6-10-4-2-1-3-5-10)13-9-15(21)19-17(13)23/h1-5,8-9,11H,6-7H2,(H,18,20,22)(H,19,21,23). The minimum absolute atomic E-state index is 0.221. The van der Waals surface area contributed by atoms with Gasteiger partial charge in [0.25, 0.3) is 23.6 Å². The third-order valence-corrected chi connectivity index (χ3v) is 3.85. The van der Waals surface area contributed by atoms with Gasteiger partial charge in [0.2, 0.25) is 0 Å². The summed E-state index contributed by atoms with van der Waals surface area (Å²) in [6, 6.07) is 9.47. The van der Waals surface area contributed by atoms with E-state index >= 15 is 0 Å². The molecule has 0 radical (unpaired) electrons. The van der Waals surface area contributed by atoms with Crippen LogP contribution in [0.2, 0.25) is 0 Å². The Hall–Kier alpha value is -3.02. The Morgan fingerprint density at radius 3 is 2.00 bits per heavy atom. The molecule has 4 amide bonds. The van der Waals surface area contributed by atoms with E-state index in [9.17, 15) is 19.2 Å². The molecule has 2 aliphatic heterocycles. The monoisotopic (exact) mass is 310 g/mol. The zero-order chi connectivity index (χ0) is 16.4. The SMILES string of the molecule is O=C1C=C(CC(Cc2ccccc2)C2=CC(=O)NC2=O)C(=O)N1. The molecule has 0 spiro atoms. The van der Waals surface area contributed by atoms with E-state index in [1.165, 1.54) is 12.2 Å². The van der Waals surface area contributed by atoms with Gasteiger partial charge < -0.3 is 0 Å². The molecule has 3 rings (SSSR count). The predicted molar refractivity (Wildman–Crippen MR) is 80.7 cm³/mol. The zero-order valence-corrected chi connectivity index (χ0v) is 12.2. The van der Waals surface area contributed by atoms with E-state index in [0.29, 0.717) is 17.6 Å². The van der Waals surface area contributed by atoms with Gasteiger partial charge in [-0.2, -0.15) is 0 Å². The predicted octanol–water partition coefficient (Wildman–Crippen LogP) is 0.401. The van der Waals surface area contributed by atoms with Crippen LogP contribution in [0, 0.1) is 5.92 Å². The van der Waals surface area contributed by atoms with Gasteiger partial charge in [-0.3, -0.25) is 29.8 Å². The van der Waals surface area contributed by atoms with Crippen LogP contribution in [0.1, 0.15) is 12.0 Å². The highest BCUT2D eigenvalue weighted by Crippen LogP contribution is 2.27. The smallest absolute Gasteiger partial charge is 0.254 e. The molecular formula is C17H14N2O4. The normalized spacial score (nSPS) is 18.4. The molecule has 0 fully saturated rings. The number of amides is 4. The first-order valence-electron chi connectivity index (χ1n) is 7.19. The molecule has 1 unspecified atom stereocenters. The maximum Gasteiger partial charge on any atom is 0.254 e. The highest BCUT2D eigenvalue weighted by atomic mass is 16.2. The van der Waals surface area contributed by atoms with Crippen molar-refractivity contribution >= 4 is 23.6 Å². The van der Waals surface area contributed by atoms with E-state index in [1.54, 1.807) is 0 Å². The molecule has 2 heterocycles. The first-order chi connectivity index (χ1) is 11.0. The summed E-state index contributed by atoms with van der Waals surface area (Å²) < 4.78 is 0. The van der Waals surface area contributed by atoms with E-state index < -0.39 is 23.6 Å². The molecule has 23 heavy (non-hydrogen) atoms. The van der Waals surface area contributed by atoms with Crippen LogP contribution in [0.15, 0.2) is 53.6 Å². The van der Waals surface area contributed by atoms with Crippen LogP contribution < -0.4 is 10.6 Å². The van der Waals surface area contributed by atoms with Crippen molar-refractivity contribution in [3.63, 3.8) is 0 Å². The third-order valence-electron chi connectivity index (χ3n) is 3.85. The van der Waals surface area contributed by atoms with Crippen LogP contribution in [-0.4, -0.2) is 23.6 Å². The van der Waals surface area contributed by atoms with Crippen molar-refractivity contribution in [3.05, 3.63) is 59.2 Å². The number of hydrogen-bond acceptors (Lipinski definition) is 4. The first-order valence-corrected chi connectivity index (χ1v) is 7.19. The molecule has 2 N–H and O–H groups in total. The Labute approximate surface area is 132 Å². The minimum Gasteiger partial charge on any atom is -0.289 e. The van der Waals surface area contributed by atoms with Crippen LogP contribution >= 0.6 is 0 Å². The highest BCUT2D eigenvalue weighted by Gasteiger charge is 2.31. The van der Waals surface area contributed by atoms with Crippen LogP contribution in [0.3, 0.4) is 0 Å². The lowest BCUT2D eigenvalue weighted by atomic mass is 9.86. The van der Waals surface area contributed by atoms with Crippen LogP contribution in [0.25, 0.3) is 0 Å². The fourth-order valence-electron chi connectivity index (χ4n) is 2.79. The molecule has 1 aromatic carbocycles. The molecule has 0 saturated heterocycles. The average Bonchev–Trinajstić information content (AvgIpc) is 3.00. The molecule has 1 atom stereocenters. The molecule has 0 saturated carbocycles. The summed E-state index contributed by atoms with van der Waals surface area (Å²) in [5.41, 5.74) is 1.65. The molecule has 116 valence electrons. The van der Waals surface area contributed by atoms with Crippen molar-refractivity contribution in [2.75, 3.05) is 0 Å². The summed E-state index contributed by atoms with van der Waals surface area (Å²) in [7, 11) is 0. The molecule has 6 heteroatoms. The van der Waals surface area contributed by atoms with Crippen molar-refractivity contribution < 1.29 is 19.2 Å². The summed E-state index contributed by atoms with van der Waals surface area (Å²) >= 11 is 0. The van der Waals surface area contributed by atoms with Gasteiger partial charge in [0.15, 0.2) is 0 Å². The Bertz CT molecular complexity index is 762. The summed E-state index contributed by atoms with van der Waals surface area (Å²) in [4.78, 5) is 46.4. The maximum absolute atomic E-state index is 11.9. The van der Waals surface area contributed by atoms with Crippen molar-refractivity contribution in [2.24, 2.45) is 5.92 Å². The molecule has 1 aromatic rings. The zero-order valence-electron chi connectivity index (χ0n) is 12.2. The molecular weight excluding hydrogens is 296 g/mol. The minimum atomic E-state index is -0.455. The van der Waals surface area contributed by atoms with Crippen LogP contribution in [-0.2, 0) is 25.6 Å². The fraction of sp³-hybridized carbons (Fsp3) is 0.176. The Balaban J connectivity index is 1.87. The number of carbonyl (C=O) groups is 4. The summed E-state index contributed by atoms with van der Waals surface area (Å²) in [6.45, 7) is 0. The van der Waals surface area contributed by atoms with E-state index in [4.69, 9.17) is 0 Å². The largest absolute Gasteiger partial charge is 0.289 e. The number of benzene rings is 1. The maximum atomic E-state index is 11.9. The summed E-state index contributed by atoms with van der Waals surface area (Å²) in [5.74, 6) is -2.15. The fourth-order valence-corrected chi connectivity index (χ4v) is 2.79. The lowest BCUT2D eigenvalue weighted by Gasteiger charge is -2.17. The topological polar surface area (TPSA) is 92.3 Å². The average molecular weight is 310 g/mol. The quantitative estimate of drug-likeness (QED) is 0.770. The summed E-state index contributed by atoms with van der Waals surface area (Å²) in [5, 5.41) is 4.41. The molecule has 2 aliphatic rings. The molecule has 0 aliphatic carbocycles. The number of rotatable bonds is 5. The number of imide groups is 2. The van der Waals surface area contributed by atoms with Gasteiger partial charge in [-0.25, -0.2) is 0 Å². The van der Waals surface area contributed by atoms with Gasteiger partial charge >= 0.3 is 0 Å². The second-order valence-corrected chi connectivity index (χ2v) is 5.50. The van der Waals surface area contributed by atoms with Gasteiger partial charge in [-0.15, -0.1) is 0 Å². The van der Waals surface area contributed by atoms with E-state index in [1.807, 2.05) is 30.3 Å². The van der Waals surface area contributed by atoms with Crippen LogP contribution in [0.4, 0.5) is 0 Å². The molecule has 6 nitrogen and oxygen atoms in total. The lowest BCUT2D eigenvalue weighted by Crippen LogP contribution is -2.26. The van der Waals surface area contributed by atoms with Crippen LogP contribution in [0.5, 0.6) is 0 Å². The first kappa shape index (κ1) is 14.9. The van der Waals surface area contributed by atoms with Gasteiger partial charge in [0.05, 0.1) is 0 Å². The number of hydrogen-bond donors (Lipinski definition) is 2. The number of carbonyl (C=O) groups excluding carboxylic acids is 4. The van der Waals surface area contributed by atoms with E-state index in [0.717, 1.165) is 5.56 Å².